The highest BCUT2D eigenvalue weighted by molar-refractivity contribution is 5.25. The molecule has 2 heteroatoms. The van der Waals surface area contributed by atoms with Gasteiger partial charge in [-0.3, -0.25) is 0 Å². The van der Waals surface area contributed by atoms with Crippen molar-refractivity contribution in [2.75, 3.05) is 6.61 Å². The van der Waals surface area contributed by atoms with Gasteiger partial charge in [-0.05, 0) is 25.3 Å². The van der Waals surface area contributed by atoms with Crippen LogP contribution in [0.25, 0.3) is 0 Å². The fourth-order valence-corrected chi connectivity index (χ4v) is 1.10. The lowest BCUT2D eigenvalue weighted by Gasteiger charge is -2.18. The molecule has 0 bridgehead atoms. The Morgan fingerprint density at radius 1 is 1.60 bits per heavy atom. The minimum absolute atomic E-state index is 0.806. The van der Waals surface area contributed by atoms with Crippen LogP contribution >= 0.6 is 0 Å². The Bertz CT molecular complexity index is 150. The van der Waals surface area contributed by atoms with E-state index in [1.165, 1.54) is 11.8 Å². The molecule has 0 aromatic carbocycles. The van der Waals surface area contributed by atoms with Crippen molar-refractivity contribution in [3.8, 4) is 0 Å². The molecule has 0 radical (unpaired) electrons. The Balaban J connectivity index is 2.69. The van der Waals surface area contributed by atoms with E-state index in [4.69, 9.17) is 10.5 Å². The van der Waals surface area contributed by atoms with E-state index in [1.54, 1.807) is 0 Å². The predicted octanol–water partition coefficient (Wildman–Crippen LogP) is 1.54. The van der Waals surface area contributed by atoms with Gasteiger partial charge in [0.15, 0.2) is 0 Å². The second-order valence-corrected chi connectivity index (χ2v) is 2.30. The van der Waals surface area contributed by atoms with E-state index in [0.29, 0.717) is 0 Å². The van der Waals surface area contributed by atoms with E-state index in [9.17, 15) is 0 Å². The summed E-state index contributed by atoms with van der Waals surface area (Å²) >= 11 is 0. The number of ether oxygens (including phenoxy) is 1. The third-order valence-electron chi connectivity index (χ3n) is 1.66. The van der Waals surface area contributed by atoms with Crippen LogP contribution in [0.3, 0.4) is 0 Å². The lowest BCUT2D eigenvalue weighted by molar-refractivity contribution is 0.193. The van der Waals surface area contributed by atoms with E-state index in [-0.39, 0.29) is 0 Å². The summed E-state index contributed by atoms with van der Waals surface area (Å²) < 4.78 is 5.30. The SMILES string of the molecule is C/C=C1/CCCO/C1=C/N. The molecule has 56 valence electrons. The summed E-state index contributed by atoms with van der Waals surface area (Å²) in [4.78, 5) is 0. The van der Waals surface area contributed by atoms with Gasteiger partial charge >= 0.3 is 0 Å². The lowest BCUT2D eigenvalue weighted by atomic mass is 10.1. The molecule has 0 spiro atoms. The molecule has 1 fully saturated rings. The molecule has 0 aromatic rings. The van der Waals surface area contributed by atoms with Gasteiger partial charge in [-0.15, -0.1) is 0 Å². The molecule has 0 unspecified atom stereocenters. The molecule has 0 amide bonds. The standard InChI is InChI=1S/C8H13NO/c1-2-7-4-3-5-10-8(7)6-9/h2,6H,3-5,9H2,1H3/b7-2-,8-6+. The molecule has 0 saturated carbocycles. The van der Waals surface area contributed by atoms with Crippen LogP contribution in [0.2, 0.25) is 0 Å². The molecule has 1 saturated heterocycles. The number of hydrogen-bond acceptors (Lipinski definition) is 2. The van der Waals surface area contributed by atoms with Crippen LogP contribution in [0.4, 0.5) is 0 Å². The van der Waals surface area contributed by atoms with Crippen molar-refractivity contribution in [2.45, 2.75) is 19.8 Å². The summed E-state index contributed by atoms with van der Waals surface area (Å²) in [6.45, 7) is 2.81. The van der Waals surface area contributed by atoms with Crippen molar-refractivity contribution in [1.29, 1.82) is 0 Å². The smallest absolute Gasteiger partial charge is 0.137 e. The molecule has 0 aliphatic carbocycles. The minimum atomic E-state index is 0.806. The Labute approximate surface area is 61.4 Å². The van der Waals surface area contributed by atoms with Gasteiger partial charge in [-0.25, -0.2) is 0 Å². The van der Waals surface area contributed by atoms with Gasteiger partial charge in [0.25, 0.3) is 0 Å². The second-order valence-electron chi connectivity index (χ2n) is 2.30. The van der Waals surface area contributed by atoms with Gasteiger partial charge in [0.05, 0.1) is 6.61 Å². The molecule has 0 atom stereocenters. The first kappa shape index (κ1) is 7.19. The van der Waals surface area contributed by atoms with Gasteiger partial charge in [0.2, 0.25) is 0 Å². The Kier molecular flexibility index (Phi) is 2.37. The highest BCUT2D eigenvalue weighted by atomic mass is 16.5. The Morgan fingerprint density at radius 2 is 2.40 bits per heavy atom. The zero-order valence-corrected chi connectivity index (χ0v) is 6.26. The summed E-state index contributed by atoms with van der Waals surface area (Å²) in [6.07, 6.45) is 5.79. The Morgan fingerprint density at radius 3 is 2.90 bits per heavy atom. The highest BCUT2D eigenvalue weighted by Gasteiger charge is 2.10. The lowest BCUT2D eigenvalue weighted by Crippen LogP contribution is -2.07. The van der Waals surface area contributed by atoms with E-state index in [2.05, 4.69) is 6.08 Å². The topological polar surface area (TPSA) is 35.2 Å². The van der Waals surface area contributed by atoms with Crippen molar-refractivity contribution < 1.29 is 4.74 Å². The summed E-state index contributed by atoms with van der Waals surface area (Å²) in [5.74, 6) is 0.855. The molecule has 1 rings (SSSR count). The maximum atomic E-state index is 5.34. The average molecular weight is 139 g/mol. The first-order valence-electron chi connectivity index (χ1n) is 3.58. The van der Waals surface area contributed by atoms with E-state index in [0.717, 1.165) is 25.2 Å². The first-order valence-corrected chi connectivity index (χ1v) is 3.58. The van der Waals surface area contributed by atoms with Gasteiger partial charge in [-0.2, -0.15) is 0 Å². The van der Waals surface area contributed by atoms with Gasteiger partial charge < -0.3 is 10.5 Å². The van der Waals surface area contributed by atoms with Crippen LogP contribution < -0.4 is 5.73 Å². The zero-order valence-electron chi connectivity index (χ0n) is 6.26. The van der Waals surface area contributed by atoms with Gasteiger partial charge in [-0.1, -0.05) is 6.08 Å². The van der Waals surface area contributed by atoms with E-state index >= 15 is 0 Å². The maximum absolute atomic E-state index is 5.34. The third-order valence-corrected chi connectivity index (χ3v) is 1.66. The number of hydrogen-bond donors (Lipinski definition) is 1. The van der Waals surface area contributed by atoms with Crippen molar-refractivity contribution in [3.05, 3.63) is 23.6 Å². The highest BCUT2D eigenvalue weighted by Crippen LogP contribution is 2.21. The van der Waals surface area contributed by atoms with Crippen molar-refractivity contribution in [3.63, 3.8) is 0 Å². The van der Waals surface area contributed by atoms with Crippen molar-refractivity contribution >= 4 is 0 Å². The molecular weight excluding hydrogens is 126 g/mol. The Hall–Kier alpha value is -0.920. The minimum Gasteiger partial charge on any atom is -0.492 e. The largest absolute Gasteiger partial charge is 0.492 e. The molecule has 0 aromatic heterocycles. The van der Waals surface area contributed by atoms with Crippen molar-refractivity contribution in [2.24, 2.45) is 5.73 Å². The summed E-state index contributed by atoms with van der Waals surface area (Å²) in [5.41, 5.74) is 6.57. The molecule has 1 heterocycles. The third kappa shape index (κ3) is 1.32. The second kappa shape index (κ2) is 3.30. The summed E-state index contributed by atoms with van der Waals surface area (Å²) in [6, 6.07) is 0. The molecule has 10 heavy (non-hydrogen) atoms. The molecular formula is C8H13NO. The first-order chi connectivity index (χ1) is 4.88. The average Bonchev–Trinajstić information content (AvgIpc) is 2.04. The quantitative estimate of drug-likeness (QED) is 0.552. The van der Waals surface area contributed by atoms with Crippen molar-refractivity contribution in [1.82, 2.24) is 0 Å². The monoisotopic (exact) mass is 139 g/mol. The number of nitrogens with two attached hydrogens (primary N) is 1. The molecule has 2 nitrogen and oxygen atoms in total. The summed E-state index contributed by atoms with van der Waals surface area (Å²) in [5, 5.41) is 0. The van der Waals surface area contributed by atoms with Crippen LogP contribution in [-0.4, -0.2) is 6.61 Å². The van der Waals surface area contributed by atoms with Crippen LogP contribution in [0.1, 0.15) is 19.8 Å². The van der Waals surface area contributed by atoms with Gasteiger partial charge in [0, 0.05) is 6.20 Å². The fourth-order valence-electron chi connectivity index (χ4n) is 1.10. The zero-order chi connectivity index (χ0) is 7.40. The van der Waals surface area contributed by atoms with Crippen LogP contribution in [-0.2, 0) is 4.74 Å². The van der Waals surface area contributed by atoms with Gasteiger partial charge in [0.1, 0.15) is 5.76 Å². The normalized spacial score (nSPS) is 26.9. The van der Waals surface area contributed by atoms with Crippen LogP contribution in [0.5, 0.6) is 0 Å². The van der Waals surface area contributed by atoms with Crippen LogP contribution in [0.15, 0.2) is 23.6 Å². The number of allylic oxidation sites excluding steroid dienone is 2. The van der Waals surface area contributed by atoms with E-state index in [1.807, 2.05) is 6.92 Å². The summed E-state index contributed by atoms with van der Waals surface area (Å²) in [7, 11) is 0. The fraction of sp³-hybridized carbons (Fsp3) is 0.500. The molecule has 1 aliphatic heterocycles. The van der Waals surface area contributed by atoms with Crippen LogP contribution in [0, 0.1) is 0 Å². The maximum Gasteiger partial charge on any atom is 0.137 e. The predicted molar refractivity (Wildman–Crippen MR) is 41.2 cm³/mol. The molecule has 2 N–H and O–H groups in total. The molecule has 1 aliphatic rings. The van der Waals surface area contributed by atoms with E-state index < -0.39 is 0 Å². The number of rotatable bonds is 0.